The van der Waals surface area contributed by atoms with Gasteiger partial charge in [-0.05, 0) is 19.2 Å². The van der Waals surface area contributed by atoms with Crippen molar-refractivity contribution in [3.8, 4) is 0 Å². The van der Waals surface area contributed by atoms with Crippen molar-refractivity contribution < 1.29 is 17.9 Å². The number of hydrogen-bond donors (Lipinski definition) is 1. The van der Waals surface area contributed by atoms with Gasteiger partial charge in [-0.3, -0.25) is 4.90 Å². The molecule has 0 atom stereocenters. The molecule has 98 valence electrons. The highest BCUT2D eigenvalue weighted by Crippen LogP contribution is 2.17. The number of aliphatic hydroxyl groups excluding tert-OH is 1. The van der Waals surface area contributed by atoms with Gasteiger partial charge in [0.2, 0.25) is 5.09 Å². The lowest BCUT2D eigenvalue weighted by Gasteiger charge is -2.12. The number of hydrogen-bond acceptors (Lipinski definition) is 5. The first kappa shape index (κ1) is 14.2. The Balaban J connectivity index is 2.79. The molecule has 0 radical (unpaired) electrons. The Morgan fingerprint density at radius 1 is 1.29 bits per heavy atom. The van der Waals surface area contributed by atoms with Gasteiger partial charge >= 0.3 is 0 Å². The van der Waals surface area contributed by atoms with E-state index in [1.165, 1.54) is 20.2 Å². The molecule has 7 heteroatoms. The lowest BCUT2D eigenvalue weighted by atomic mass is 10.4. The molecule has 0 aliphatic carbocycles. The molecule has 0 aliphatic heterocycles. The molecule has 0 aliphatic rings. The molecule has 1 aromatic rings. The molecule has 0 unspecified atom stereocenters. The molecule has 0 saturated heterocycles. The number of nitrogens with zero attached hydrogens (tertiary/aromatic N) is 2. The summed E-state index contributed by atoms with van der Waals surface area (Å²) < 4.78 is 29.8. The van der Waals surface area contributed by atoms with Crippen molar-refractivity contribution in [3.05, 3.63) is 17.9 Å². The van der Waals surface area contributed by atoms with E-state index in [0.717, 1.165) is 4.31 Å². The molecular formula is C10H18N2O4S. The molecular weight excluding hydrogens is 244 g/mol. The Morgan fingerprint density at radius 2 is 1.94 bits per heavy atom. The van der Waals surface area contributed by atoms with Crippen LogP contribution in [0, 0.1) is 0 Å². The van der Waals surface area contributed by atoms with Crippen LogP contribution >= 0.6 is 0 Å². The summed E-state index contributed by atoms with van der Waals surface area (Å²) in [5.41, 5.74) is 0. The fourth-order valence-corrected chi connectivity index (χ4v) is 2.09. The molecule has 0 aromatic carbocycles. The summed E-state index contributed by atoms with van der Waals surface area (Å²) in [6.45, 7) is 1.03. The van der Waals surface area contributed by atoms with Crippen molar-refractivity contribution >= 4 is 10.0 Å². The van der Waals surface area contributed by atoms with Crippen molar-refractivity contribution in [2.24, 2.45) is 0 Å². The van der Waals surface area contributed by atoms with E-state index in [-0.39, 0.29) is 11.7 Å². The first-order chi connectivity index (χ1) is 7.87. The van der Waals surface area contributed by atoms with Crippen LogP contribution in [0.2, 0.25) is 0 Å². The molecule has 0 saturated carbocycles. The molecule has 6 nitrogen and oxygen atoms in total. The van der Waals surface area contributed by atoms with Gasteiger partial charge in [0.05, 0.1) is 13.2 Å². The minimum atomic E-state index is -3.51. The maximum atomic E-state index is 11.7. The summed E-state index contributed by atoms with van der Waals surface area (Å²) in [5, 5.41) is 8.69. The molecule has 1 rings (SSSR count). The van der Waals surface area contributed by atoms with Crippen molar-refractivity contribution in [2.45, 2.75) is 11.6 Å². The number of sulfonamides is 1. The van der Waals surface area contributed by atoms with Crippen LogP contribution in [0.4, 0.5) is 0 Å². The van der Waals surface area contributed by atoms with E-state index in [1.54, 1.807) is 6.07 Å². The molecule has 0 fully saturated rings. The molecule has 1 heterocycles. The average Bonchev–Trinajstić information content (AvgIpc) is 2.66. The summed E-state index contributed by atoms with van der Waals surface area (Å²) in [5.74, 6) is 0.557. The fourth-order valence-electron chi connectivity index (χ4n) is 1.28. The predicted octanol–water partition coefficient (Wildman–Crippen LogP) is -0.0460. The third kappa shape index (κ3) is 3.53. The summed E-state index contributed by atoms with van der Waals surface area (Å²) in [4.78, 5) is 1.84. The van der Waals surface area contributed by atoms with E-state index in [1.807, 2.05) is 11.9 Å². The monoisotopic (exact) mass is 262 g/mol. The standard InChI is InChI=1S/C10H18N2O4S/c1-11(2)17(14,15)10-5-4-9(16-10)8-12(3)6-7-13/h4-5,13H,6-8H2,1-3H3. The van der Waals surface area contributed by atoms with Crippen molar-refractivity contribution in [1.82, 2.24) is 9.21 Å². The van der Waals surface area contributed by atoms with Crippen LogP contribution in [0.25, 0.3) is 0 Å². The highest BCUT2D eigenvalue weighted by molar-refractivity contribution is 7.88. The molecule has 17 heavy (non-hydrogen) atoms. The largest absolute Gasteiger partial charge is 0.447 e. The minimum absolute atomic E-state index is 0.0556. The quantitative estimate of drug-likeness (QED) is 0.778. The Bertz CT molecular complexity index is 453. The highest BCUT2D eigenvalue weighted by Gasteiger charge is 2.21. The van der Waals surface area contributed by atoms with Gasteiger partial charge in [0, 0.05) is 20.6 Å². The van der Waals surface area contributed by atoms with Crippen LogP contribution in [0.1, 0.15) is 5.76 Å². The third-order valence-electron chi connectivity index (χ3n) is 2.28. The zero-order valence-electron chi connectivity index (χ0n) is 10.3. The van der Waals surface area contributed by atoms with Crippen LogP contribution in [0.5, 0.6) is 0 Å². The van der Waals surface area contributed by atoms with Gasteiger partial charge in [-0.2, -0.15) is 0 Å². The summed E-state index contributed by atoms with van der Waals surface area (Å²) >= 11 is 0. The van der Waals surface area contributed by atoms with Crippen molar-refractivity contribution in [2.75, 3.05) is 34.3 Å². The van der Waals surface area contributed by atoms with Crippen molar-refractivity contribution in [3.63, 3.8) is 0 Å². The van der Waals surface area contributed by atoms with Gasteiger partial charge in [-0.25, -0.2) is 12.7 Å². The zero-order chi connectivity index (χ0) is 13.1. The fraction of sp³-hybridized carbons (Fsp3) is 0.600. The van der Waals surface area contributed by atoms with E-state index in [4.69, 9.17) is 9.52 Å². The van der Waals surface area contributed by atoms with Crippen molar-refractivity contribution in [1.29, 1.82) is 0 Å². The first-order valence-electron chi connectivity index (χ1n) is 5.18. The smallest absolute Gasteiger partial charge is 0.275 e. The first-order valence-corrected chi connectivity index (χ1v) is 6.62. The van der Waals surface area contributed by atoms with Crippen LogP contribution in [-0.2, 0) is 16.6 Å². The average molecular weight is 262 g/mol. The number of furan rings is 1. The molecule has 0 bridgehead atoms. The normalized spacial score (nSPS) is 12.6. The number of aliphatic hydroxyl groups is 1. The Kier molecular flexibility index (Phi) is 4.70. The van der Waals surface area contributed by atoms with E-state index in [0.29, 0.717) is 18.8 Å². The topological polar surface area (TPSA) is 74.0 Å². The molecule has 0 spiro atoms. The summed E-state index contributed by atoms with van der Waals surface area (Å²) in [6, 6.07) is 3.07. The SMILES string of the molecule is CN(CCO)Cc1ccc(S(=O)(=O)N(C)C)o1. The summed E-state index contributed by atoms with van der Waals surface area (Å²) in [6.07, 6.45) is 0. The second-order valence-electron chi connectivity index (χ2n) is 3.97. The molecule has 1 N–H and O–H groups in total. The van der Waals surface area contributed by atoms with Gasteiger partial charge in [0.1, 0.15) is 5.76 Å². The van der Waals surface area contributed by atoms with Gasteiger partial charge in [0.25, 0.3) is 10.0 Å². The van der Waals surface area contributed by atoms with Gasteiger partial charge < -0.3 is 9.52 Å². The third-order valence-corrected chi connectivity index (χ3v) is 3.97. The minimum Gasteiger partial charge on any atom is -0.447 e. The Hall–Kier alpha value is -0.890. The van der Waals surface area contributed by atoms with Crippen LogP contribution in [-0.4, -0.2) is 57.0 Å². The van der Waals surface area contributed by atoms with Gasteiger partial charge in [-0.1, -0.05) is 0 Å². The lowest BCUT2D eigenvalue weighted by molar-refractivity contribution is 0.205. The second-order valence-corrected chi connectivity index (χ2v) is 6.05. The van der Waals surface area contributed by atoms with Crippen LogP contribution in [0.15, 0.2) is 21.6 Å². The van der Waals surface area contributed by atoms with Crippen LogP contribution < -0.4 is 0 Å². The van der Waals surface area contributed by atoms with E-state index in [9.17, 15) is 8.42 Å². The lowest BCUT2D eigenvalue weighted by Crippen LogP contribution is -2.22. The summed E-state index contributed by atoms with van der Waals surface area (Å²) in [7, 11) is 1.22. The van der Waals surface area contributed by atoms with E-state index in [2.05, 4.69) is 0 Å². The Labute approximate surface area is 101 Å². The van der Waals surface area contributed by atoms with E-state index >= 15 is 0 Å². The maximum absolute atomic E-state index is 11.7. The molecule has 0 amide bonds. The number of rotatable bonds is 6. The highest BCUT2D eigenvalue weighted by atomic mass is 32.2. The maximum Gasteiger partial charge on any atom is 0.275 e. The van der Waals surface area contributed by atoms with Crippen LogP contribution in [0.3, 0.4) is 0 Å². The molecule has 1 aromatic heterocycles. The predicted molar refractivity (Wildman–Crippen MR) is 63.0 cm³/mol. The Morgan fingerprint density at radius 3 is 2.47 bits per heavy atom. The van der Waals surface area contributed by atoms with E-state index < -0.39 is 10.0 Å². The number of likely N-dealkylation sites (N-methyl/N-ethyl adjacent to an activating group) is 1. The van der Waals surface area contributed by atoms with Gasteiger partial charge in [0.15, 0.2) is 0 Å². The van der Waals surface area contributed by atoms with Gasteiger partial charge in [-0.15, -0.1) is 0 Å². The zero-order valence-corrected chi connectivity index (χ0v) is 11.1. The second kappa shape index (κ2) is 5.63.